The second kappa shape index (κ2) is 51.4. The molecule has 7 N–H and O–H groups in total. The summed E-state index contributed by atoms with van der Waals surface area (Å²) in [4.78, 5) is 26.0. The smallest absolute Gasteiger partial charge is 0.306 e. The van der Waals surface area contributed by atoms with Crippen molar-refractivity contribution in [2.45, 2.75) is 351 Å². The Morgan fingerprint density at radius 3 is 1.10 bits per heavy atom. The summed E-state index contributed by atoms with van der Waals surface area (Å²) >= 11 is 0. The molecule has 11 unspecified atom stereocenters. The second-order valence-corrected chi connectivity index (χ2v) is 23.3. The molecule has 11 atom stereocenters. The lowest BCUT2D eigenvalue weighted by atomic mass is 9.98. The first kappa shape index (κ1) is 74.1. The zero-order valence-electron chi connectivity index (χ0n) is 50.6. The van der Waals surface area contributed by atoms with Crippen molar-refractivity contribution in [1.29, 1.82) is 0 Å². The largest absolute Gasteiger partial charge is 0.462 e. The summed E-state index contributed by atoms with van der Waals surface area (Å²) in [6.07, 6.45) is 42.0. The minimum atomic E-state index is -1.76. The van der Waals surface area contributed by atoms with Gasteiger partial charge in [0.25, 0.3) is 0 Å². The van der Waals surface area contributed by atoms with Gasteiger partial charge in [0.15, 0.2) is 18.7 Å². The number of carbonyl (C=O) groups excluding carboxylic acids is 2. The molecule has 0 spiro atoms. The first-order valence-electron chi connectivity index (χ1n) is 32.9. The van der Waals surface area contributed by atoms with Gasteiger partial charge in [-0.25, -0.2) is 0 Å². The van der Waals surface area contributed by atoms with Crippen LogP contribution in [0.3, 0.4) is 0 Å². The summed E-state index contributed by atoms with van der Waals surface area (Å²) in [7, 11) is 0. The summed E-state index contributed by atoms with van der Waals surface area (Å²) in [5.74, 6) is -0.913. The van der Waals surface area contributed by atoms with Crippen molar-refractivity contribution in [2.75, 3.05) is 26.4 Å². The van der Waals surface area contributed by atoms with E-state index in [2.05, 4.69) is 38.2 Å². The number of esters is 2. The number of ether oxygens (including phenoxy) is 6. The molecule has 0 aromatic carbocycles. The molecule has 15 heteroatoms. The predicted molar refractivity (Wildman–Crippen MR) is 317 cm³/mol. The number of allylic oxidation sites excluding steroid dienone is 4. The fraction of sp³-hybridized carbons (Fsp3) is 0.908. The highest BCUT2D eigenvalue weighted by atomic mass is 16.7. The normalized spacial score (nSPS) is 23.8. The standard InChI is InChI=1S/C65H120O15/c1-3-5-7-9-11-13-15-17-19-21-23-25-26-28-30-32-34-36-38-40-42-44-46-48-57(68)78-53(51-76-64-63(74)61(72)59(70)55(80-64)52-77-65-62(73)60(71)58(69)54(49-66)79-65)50-75-56(67)47-45-43-41-39-37-35-33-31-29-27-24-22-20-18-16-14-12-10-8-6-4-2/h21-24,53-55,58-66,69-74H,3-20,25-52H2,1-2H3/b23-21-,24-22-. The van der Waals surface area contributed by atoms with E-state index in [9.17, 15) is 45.3 Å². The van der Waals surface area contributed by atoms with Gasteiger partial charge in [-0.15, -0.1) is 0 Å². The van der Waals surface area contributed by atoms with Gasteiger partial charge in [0.2, 0.25) is 0 Å². The molecule has 15 nitrogen and oxygen atoms in total. The first-order chi connectivity index (χ1) is 39.0. The maximum atomic E-state index is 13.1. The van der Waals surface area contributed by atoms with Crippen LogP contribution in [0.15, 0.2) is 24.3 Å². The Hall–Kier alpha value is -2.02. The van der Waals surface area contributed by atoms with Crippen LogP contribution in [-0.4, -0.2) is 142 Å². The third-order valence-electron chi connectivity index (χ3n) is 15.9. The van der Waals surface area contributed by atoms with Crippen LogP contribution in [0.25, 0.3) is 0 Å². The monoisotopic (exact) mass is 1140 g/mol. The van der Waals surface area contributed by atoms with E-state index in [0.717, 1.165) is 38.5 Å². The highest BCUT2D eigenvalue weighted by Gasteiger charge is 2.47. The lowest BCUT2D eigenvalue weighted by molar-refractivity contribution is -0.332. The van der Waals surface area contributed by atoms with Crippen LogP contribution in [0.2, 0.25) is 0 Å². The van der Waals surface area contributed by atoms with E-state index in [-0.39, 0.29) is 26.1 Å². The number of carbonyl (C=O) groups is 2. The van der Waals surface area contributed by atoms with Crippen molar-refractivity contribution in [3.63, 3.8) is 0 Å². The summed E-state index contributed by atoms with van der Waals surface area (Å²) in [5.41, 5.74) is 0. The van der Waals surface area contributed by atoms with Crippen LogP contribution in [0.4, 0.5) is 0 Å². The average molecular weight is 1140 g/mol. The minimum Gasteiger partial charge on any atom is -0.462 e. The van der Waals surface area contributed by atoms with E-state index < -0.39 is 92.7 Å². The van der Waals surface area contributed by atoms with E-state index in [4.69, 9.17) is 28.4 Å². The number of rotatable bonds is 54. The van der Waals surface area contributed by atoms with E-state index >= 15 is 0 Å². The molecular weight excluding hydrogens is 1020 g/mol. The third-order valence-corrected chi connectivity index (χ3v) is 15.9. The number of unbranched alkanes of at least 4 members (excludes halogenated alkanes) is 36. The molecule has 0 aliphatic carbocycles. The van der Waals surface area contributed by atoms with Gasteiger partial charge in [0, 0.05) is 12.8 Å². The first-order valence-corrected chi connectivity index (χ1v) is 32.9. The van der Waals surface area contributed by atoms with Crippen LogP contribution >= 0.6 is 0 Å². The molecule has 0 aromatic rings. The summed E-state index contributed by atoms with van der Waals surface area (Å²) in [5, 5.41) is 72.5. The Labute approximate surface area is 485 Å². The molecule has 2 fully saturated rings. The van der Waals surface area contributed by atoms with Gasteiger partial charge in [-0.1, -0.05) is 231 Å². The van der Waals surface area contributed by atoms with Crippen molar-refractivity contribution in [3.8, 4) is 0 Å². The number of aliphatic hydroxyl groups is 7. The summed E-state index contributed by atoms with van der Waals surface area (Å²) in [6.45, 7) is 2.65. The Morgan fingerprint density at radius 1 is 0.388 bits per heavy atom. The quantitative estimate of drug-likeness (QED) is 0.0171. The molecule has 0 saturated carbocycles. The number of hydrogen-bond donors (Lipinski definition) is 7. The molecule has 0 aromatic heterocycles. The van der Waals surface area contributed by atoms with E-state index in [1.807, 2.05) is 0 Å². The molecule has 2 rings (SSSR count). The van der Waals surface area contributed by atoms with Crippen LogP contribution in [-0.2, 0) is 38.0 Å². The van der Waals surface area contributed by atoms with Crippen molar-refractivity contribution < 1.29 is 73.8 Å². The molecule has 2 aliphatic heterocycles. The van der Waals surface area contributed by atoms with Gasteiger partial charge in [-0.2, -0.15) is 0 Å². The zero-order chi connectivity index (χ0) is 58.1. The van der Waals surface area contributed by atoms with Crippen LogP contribution in [0.1, 0.15) is 284 Å². The van der Waals surface area contributed by atoms with Gasteiger partial charge in [-0.3, -0.25) is 9.59 Å². The lowest BCUT2D eigenvalue weighted by Gasteiger charge is -2.42. The molecule has 2 heterocycles. The lowest BCUT2D eigenvalue weighted by Crippen LogP contribution is -2.61. The molecule has 2 aliphatic rings. The predicted octanol–water partition coefficient (Wildman–Crippen LogP) is 12.6. The van der Waals surface area contributed by atoms with Crippen molar-refractivity contribution in [3.05, 3.63) is 24.3 Å². The molecule has 80 heavy (non-hydrogen) atoms. The molecule has 470 valence electrons. The van der Waals surface area contributed by atoms with E-state index in [0.29, 0.717) is 12.8 Å². The molecule has 0 amide bonds. The highest BCUT2D eigenvalue weighted by molar-refractivity contribution is 5.70. The zero-order valence-corrected chi connectivity index (χ0v) is 50.6. The minimum absolute atomic E-state index is 0.167. The third kappa shape index (κ3) is 37.3. The maximum Gasteiger partial charge on any atom is 0.306 e. The summed E-state index contributed by atoms with van der Waals surface area (Å²) < 4.78 is 33.8. The number of aliphatic hydroxyl groups excluding tert-OH is 7. The second-order valence-electron chi connectivity index (χ2n) is 23.3. The number of hydrogen-bond acceptors (Lipinski definition) is 15. The van der Waals surface area contributed by atoms with Crippen molar-refractivity contribution in [2.24, 2.45) is 0 Å². The SMILES string of the molecule is CCCCCCCCCC/C=C\CCCCCCCCCCCCCC(=O)OC(COC(=O)CCCCCCCCCCC/C=C\CCCCCCCCCC)COC1OC(COC2OC(CO)C(O)C(O)C2O)C(O)C(O)C1O. The van der Waals surface area contributed by atoms with E-state index in [1.165, 1.54) is 205 Å². The van der Waals surface area contributed by atoms with E-state index in [1.54, 1.807) is 0 Å². The topological polar surface area (TPSA) is 231 Å². The summed E-state index contributed by atoms with van der Waals surface area (Å²) in [6, 6.07) is 0. The van der Waals surface area contributed by atoms with Gasteiger partial charge >= 0.3 is 11.9 Å². The van der Waals surface area contributed by atoms with Crippen molar-refractivity contribution >= 4 is 11.9 Å². The van der Waals surface area contributed by atoms with Gasteiger partial charge in [-0.05, 0) is 64.2 Å². The molecule has 0 bridgehead atoms. The van der Waals surface area contributed by atoms with Crippen LogP contribution < -0.4 is 0 Å². The molecule has 2 saturated heterocycles. The Kier molecular flexibility index (Phi) is 47.6. The fourth-order valence-corrected chi connectivity index (χ4v) is 10.6. The van der Waals surface area contributed by atoms with Gasteiger partial charge in [0.1, 0.15) is 55.4 Å². The Balaban J connectivity index is 1.70. The Morgan fingerprint density at radius 2 is 0.713 bits per heavy atom. The molecule has 0 radical (unpaired) electrons. The Bertz CT molecular complexity index is 1480. The fourth-order valence-electron chi connectivity index (χ4n) is 10.6. The van der Waals surface area contributed by atoms with Crippen LogP contribution in [0, 0.1) is 0 Å². The highest BCUT2D eigenvalue weighted by Crippen LogP contribution is 2.27. The maximum absolute atomic E-state index is 13.1. The van der Waals surface area contributed by atoms with Crippen molar-refractivity contribution in [1.82, 2.24) is 0 Å². The van der Waals surface area contributed by atoms with Gasteiger partial charge < -0.3 is 64.2 Å². The molecular formula is C65H120O15. The van der Waals surface area contributed by atoms with Gasteiger partial charge in [0.05, 0.1) is 19.8 Å². The average Bonchev–Trinajstić information content (AvgIpc) is 3.52. The van der Waals surface area contributed by atoms with Crippen LogP contribution in [0.5, 0.6) is 0 Å².